The molecule has 1 nitrogen and oxygen atoms in total. The van der Waals surface area contributed by atoms with E-state index in [2.05, 4.69) is 62.4 Å². The minimum Gasteiger partial charge on any atom is -0.299 e. The van der Waals surface area contributed by atoms with Gasteiger partial charge in [-0.25, -0.2) is 0 Å². The van der Waals surface area contributed by atoms with E-state index in [-0.39, 0.29) is 5.92 Å². The van der Waals surface area contributed by atoms with Crippen LogP contribution < -0.4 is 0 Å². The molecule has 0 spiro atoms. The monoisotopic (exact) mass is 292 g/mol. The maximum absolute atomic E-state index is 12.5. The molecule has 1 heteroatoms. The Morgan fingerprint density at radius 2 is 1.68 bits per heavy atom. The Bertz CT molecular complexity index is 627. The number of benzene rings is 2. The van der Waals surface area contributed by atoms with E-state index >= 15 is 0 Å². The highest BCUT2D eigenvalue weighted by atomic mass is 16.1. The summed E-state index contributed by atoms with van der Waals surface area (Å²) >= 11 is 0. The second kappa shape index (κ2) is 6.48. The van der Waals surface area contributed by atoms with Gasteiger partial charge in [-0.1, -0.05) is 67.1 Å². The van der Waals surface area contributed by atoms with E-state index in [1.165, 1.54) is 16.7 Å². The predicted molar refractivity (Wildman–Crippen MR) is 91.0 cm³/mol. The topological polar surface area (TPSA) is 17.1 Å². The molecule has 0 aliphatic heterocycles. The molecule has 0 amide bonds. The fraction of sp³-hybridized carbons (Fsp3) is 0.381. The molecule has 114 valence electrons. The Hall–Kier alpha value is -1.89. The second-order valence-corrected chi connectivity index (χ2v) is 6.63. The molecule has 0 aromatic heterocycles. The van der Waals surface area contributed by atoms with Crippen molar-refractivity contribution in [1.29, 1.82) is 0 Å². The van der Waals surface area contributed by atoms with E-state index in [1.807, 2.05) is 6.07 Å². The van der Waals surface area contributed by atoms with Gasteiger partial charge in [0.15, 0.2) is 0 Å². The molecular weight excluding hydrogens is 268 g/mol. The number of ketones is 1. The Kier molecular flexibility index (Phi) is 4.42. The zero-order valence-electron chi connectivity index (χ0n) is 13.5. The second-order valence-electron chi connectivity index (χ2n) is 6.63. The minimum absolute atomic E-state index is 0.249. The van der Waals surface area contributed by atoms with E-state index in [4.69, 9.17) is 0 Å². The predicted octanol–water partition coefficient (Wildman–Crippen LogP) is 4.94. The number of carbonyl (C=O) groups is 1. The van der Waals surface area contributed by atoms with Crippen LogP contribution in [0.25, 0.3) is 0 Å². The molecule has 1 saturated carbocycles. The average molecular weight is 292 g/mol. The van der Waals surface area contributed by atoms with Crippen LogP contribution in [0.4, 0.5) is 0 Å². The Morgan fingerprint density at radius 1 is 1.00 bits per heavy atom. The van der Waals surface area contributed by atoms with Crippen LogP contribution >= 0.6 is 0 Å². The zero-order chi connectivity index (χ0) is 15.5. The van der Waals surface area contributed by atoms with Crippen LogP contribution in [0.2, 0.25) is 0 Å². The first-order chi connectivity index (χ1) is 10.7. The summed E-state index contributed by atoms with van der Waals surface area (Å²) in [4.78, 5) is 12.5. The van der Waals surface area contributed by atoms with Crippen LogP contribution in [0.1, 0.15) is 42.4 Å². The van der Waals surface area contributed by atoms with Gasteiger partial charge in [-0.2, -0.15) is 0 Å². The van der Waals surface area contributed by atoms with Gasteiger partial charge in [0.25, 0.3) is 0 Å². The van der Waals surface area contributed by atoms with E-state index in [0.29, 0.717) is 24.0 Å². The number of hydrogen-bond donors (Lipinski definition) is 0. The number of carbonyl (C=O) groups excluding carboxylic acids is 1. The highest BCUT2D eigenvalue weighted by Crippen LogP contribution is 2.54. The van der Waals surface area contributed by atoms with Crippen LogP contribution in [0.15, 0.2) is 54.6 Å². The van der Waals surface area contributed by atoms with Crippen molar-refractivity contribution in [3.63, 3.8) is 0 Å². The van der Waals surface area contributed by atoms with Crippen molar-refractivity contribution in [3.05, 3.63) is 71.3 Å². The molecule has 1 aliphatic rings. The first-order valence-electron chi connectivity index (χ1n) is 8.30. The molecule has 1 aliphatic carbocycles. The normalized spacial score (nSPS) is 23.3. The van der Waals surface area contributed by atoms with Gasteiger partial charge in [-0.15, -0.1) is 0 Å². The number of rotatable bonds is 6. The zero-order valence-corrected chi connectivity index (χ0v) is 13.5. The first kappa shape index (κ1) is 15.0. The number of aryl methyl sites for hydroxylation is 2. The summed E-state index contributed by atoms with van der Waals surface area (Å²) in [6.45, 7) is 4.32. The highest BCUT2D eigenvalue weighted by molar-refractivity contribution is 5.85. The summed E-state index contributed by atoms with van der Waals surface area (Å²) in [6, 6.07) is 19.1. The van der Waals surface area contributed by atoms with Gasteiger partial charge >= 0.3 is 0 Å². The van der Waals surface area contributed by atoms with Gasteiger partial charge in [0, 0.05) is 12.3 Å². The van der Waals surface area contributed by atoms with E-state index in [0.717, 1.165) is 12.8 Å². The lowest BCUT2D eigenvalue weighted by molar-refractivity contribution is -0.120. The van der Waals surface area contributed by atoms with Gasteiger partial charge in [0.05, 0.1) is 0 Å². The summed E-state index contributed by atoms with van der Waals surface area (Å²) in [5, 5.41) is 0. The Morgan fingerprint density at radius 3 is 2.36 bits per heavy atom. The van der Waals surface area contributed by atoms with Crippen LogP contribution in [0.5, 0.6) is 0 Å². The highest BCUT2D eigenvalue weighted by Gasteiger charge is 2.51. The van der Waals surface area contributed by atoms with Crippen LogP contribution in [0.3, 0.4) is 0 Å². The smallest absolute Gasteiger partial charge is 0.136 e. The third-order valence-corrected chi connectivity index (χ3v) is 4.94. The molecule has 22 heavy (non-hydrogen) atoms. The Labute approximate surface area is 133 Å². The molecule has 0 N–H and O–H groups in total. The molecule has 2 aromatic carbocycles. The van der Waals surface area contributed by atoms with Crippen molar-refractivity contribution in [1.82, 2.24) is 0 Å². The van der Waals surface area contributed by atoms with Gasteiger partial charge in [0.2, 0.25) is 0 Å². The van der Waals surface area contributed by atoms with Crippen molar-refractivity contribution < 1.29 is 4.79 Å². The van der Waals surface area contributed by atoms with E-state index in [1.54, 1.807) is 0 Å². The fourth-order valence-electron chi connectivity index (χ4n) is 3.53. The van der Waals surface area contributed by atoms with E-state index in [9.17, 15) is 4.79 Å². The third-order valence-electron chi connectivity index (χ3n) is 4.94. The van der Waals surface area contributed by atoms with Crippen molar-refractivity contribution in [2.75, 3.05) is 0 Å². The largest absolute Gasteiger partial charge is 0.299 e. The van der Waals surface area contributed by atoms with Gasteiger partial charge in [-0.05, 0) is 42.7 Å². The maximum atomic E-state index is 12.5. The van der Waals surface area contributed by atoms with Gasteiger partial charge < -0.3 is 0 Å². The SMILES string of the molecule is Cc1ccc(C2[C@@H](C)[C@H]2C(=O)CCCc2ccccc2)cc1. The van der Waals surface area contributed by atoms with Crippen LogP contribution in [-0.2, 0) is 11.2 Å². The molecule has 2 aromatic rings. The summed E-state index contributed by atoms with van der Waals surface area (Å²) in [6.07, 6.45) is 2.68. The summed E-state index contributed by atoms with van der Waals surface area (Å²) < 4.78 is 0. The standard InChI is InChI=1S/C21H24O/c1-15-11-13-18(14-12-15)20-16(2)21(20)19(22)10-6-9-17-7-4-3-5-8-17/h3-5,7-8,11-14,16,20-21H,6,9-10H2,1-2H3/t16-,20?,21+/m1/s1. The summed E-state index contributed by atoms with van der Waals surface area (Å²) in [7, 11) is 0. The average Bonchev–Trinajstić information content (AvgIpc) is 3.20. The fourth-order valence-corrected chi connectivity index (χ4v) is 3.53. The molecule has 3 atom stereocenters. The molecule has 0 heterocycles. The maximum Gasteiger partial charge on any atom is 0.136 e. The van der Waals surface area contributed by atoms with Crippen LogP contribution in [0, 0.1) is 18.8 Å². The van der Waals surface area contributed by atoms with Crippen molar-refractivity contribution in [2.24, 2.45) is 11.8 Å². The first-order valence-corrected chi connectivity index (χ1v) is 8.30. The van der Waals surface area contributed by atoms with Crippen molar-refractivity contribution in [2.45, 2.75) is 39.0 Å². The van der Waals surface area contributed by atoms with Crippen LogP contribution in [-0.4, -0.2) is 5.78 Å². The lowest BCUT2D eigenvalue weighted by Crippen LogP contribution is -2.03. The summed E-state index contributed by atoms with van der Waals surface area (Å²) in [5.41, 5.74) is 3.94. The molecule has 0 radical (unpaired) electrons. The van der Waals surface area contributed by atoms with Gasteiger partial charge in [-0.3, -0.25) is 4.79 Å². The quantitative estimate of drug-likeness (QED) is 0.737. The summed E-state index contributed by atoms with van der Waals surface area (Å²) in [5.74, 6) is 1.66. The number of hydrogen-bond acceptors (Lipinski definition) is 1. The lowest BCUT2D eigenvalue weighted by atomic mass is 10.0. The molecule has 3 rings (SSSR count). The minimum atomic E-state index is 0.249. The molecule has 1 fully saturated rings. The Balaban J connectivity index is 1.52. The van der Waals surface area contributed by atoms with Crippen molar-refractivity contribution in [3.8, 4) is 0 Å². The third kappa shape index (κ3) is 3.30. The molecule has 0 saturated heterocycles. The van der Waals surface area contributed by atoms with Gasteiger partial charge in [0.1, 0.15) is 5.78 Å². The molecular formula is C21H24O. The lowest BCUT2D eigenvalue weighted by Gasteiger charge is -2.03. The number of Topliss-reactive ketones (excluding diaryl/α,β-unsaturated/α-hetero) is 1. The van der Waals surface area contributed by atoms with E-state index < -0.39 is 0 Å². The molecule has 1 unspecified atom stereocenters. The molecule has 0 bridgehead atoms. The van der Waals surface area contributed by atoms with Crippen molar-refractivity contribution >= 4 is 5.78 Å².